The van der Waals surface area contributed by atoms with E-state index in [1.165, 1.54) is 0 Å². The number of hydrogen-bond donors (Lipinski definition) is 1. The predicted molar refractivity (Wildman–Crippen MR) is 550 cm³/mol. The Labute approximate surface area is 759 Å². The molecule has 0 amide bonds. The van der Waals surface area contributed by atoms with Crippen molar-refractivity contribution in [3.05, 3.63) is 0 Å². The molecule has 0 fully saturated rings. The summed E-state index contributed by atoms with van der Waals surface area (Å²) in [6.07, 6.45) is 46.9. The van der Waals surface area contributed by atoms with E-state index in [-0.39, 0.29) is 0 Å². The van der Waals surface area contributed by atoms with E-state index in [1.807, 2.05) is 0 Å². The third-order valence-corrected chi connectivity index (χ3v) is 47.6. The van der Waals surface area contributed by atoms with Gasteiger partial charge in [-0.3, -0.25) is 0 Å². The zero-order chi connectivity index (χ0) is 90.4. The van der Waals surface area contributed by atoms with Crippen molar-refractivity contribution < 1.29 is 14.4 Å². The molecule has 1 N–H and O–H groups in total. The van der Waals surface area contributed by atoms with Gasteiger partial charge < -0.3 is 0 Å². The topological polar surface area (TPSA) is 135 Å². The molecule has 0 heterocycles. The second kappa shape index (κ2) is 75.7. The standard InChI is InChI=1S/C97H217N16O3P5/c1-25-49-73-102(74-50-26-2)117(103(75-51-27-3)76-52-28-4,104(77-53-29-5)78-54-30-6)98-121(116-97(114)115,99-118(105(79-55-31-7)80-56-32-8,106(81-57-33-9)82-58-34-10)107(83-59-35-11)84-60-36-12,100-119(108(85-61-37-13)86-62-38-14,109(87-63-39-15)88-64-40-16)110(89-65-41-17)90-66-42-18)101-120(111(91-67-43-19)92-68-44-20,112(93-69-45-21)94-70-46-22)113(95-71-47-23)96-72-48-24/h25-96H2,1-24H3,(H,114,115). The average molecular weight is 1810 g/mol. The normalized spacial score (nSPS) is 13.3. The number of carbonyl (C=O) groups is 1. The molecule has 0 aliphatic rings. The Hall–Kier alpha value is 0.140. The van der Waals surface area contributed by atoms with Crippen molar-refractivity contribution in [3.63, 3.8) is 0 Å². The van der Waals surface area contributed by atoms with Crippen LogP contribution in [-0.2, 0) is 4.52 Å². The van der Waals surface area contributed by atoms with Crippen molar-refractivity contribution in [2.24, 2.45) is 18.1 Å². The Bertz CT molecular complexity index is 1990. The van der Waals surface area contributed by atoms with E-state index in [4.69, 9.17) is 22.6 Å². The summed E-state index contributed by atoms with van der Waals surface area (Å²) in [5.41, 5.74) is 0. The molecule has 121 heavy (non-hydrogen) atoms. The second-order valence-electron chi connectivity index (χ2n) is 35.7. The molecule has 0 aromatic rings. The number of hydrogen-bond acceptors (Lipinski definition) is 6. The van der Waals surface area contributed by atoms with E-state index >= 15 is 4.79 Å². The van der Waals surface area contributed by atoms with E-state index in [2.05, 4.69) is 222 Å². The van der Waals surface area contributed by atoms with Gasteiger partial charge in [-0.1, -0.05) is 0 Å². The van der Waals surface area contributed by atoms with Crippen LogP contribution in [0.3, 0.4) is 0 Å². The zero-order valence-corrected chi connectivity index (χ0v) is 90.5. The van der Waals surface area contributed by atoms with Gasteiger partial charge in [0.15, 0.2) is 0 Å². The maximum absolute atomic E-state index is 17.8. The van der Waals surface area contributed by atoms with Crippen LogP contribution in [0.4, 0.5) is 4.79 Å². The molecule has 0 saturated heterocycles. The summed E-state index contributed by atoms with van der Waals surface area (Å²) in [4.78, 5) is 17.8. The first kappa shape index (κ1) is 121. The summed E-state index contributed by atoms with van der Waals surface area (Å²) in [7, 11) is -21.7. The number of carboxylic acid groups (broad SMARTS) is 1. The molecule has 0 atom stereocenters. The van der Waals surface area contributed by atoms with Gasteiger partial charge in [0.05, 0.1) is 0 Å². The van der Waals surface area contributed by atoms with E-state index in [9.17, 15) is 5.11 Å². The molecule has 0 aliphatic carbocycles. The first-order chi connectivity index (χ1) is 58.8. The van der Waals surface area contributed by atoms with E-state index in [0.717, 1.165) is 465 Å². The second-order valence-corrected chi connectivity index (χ2v) is 51.5. The average Bonchev–Trinajstić information content (AvgIpc) is 0.676. The van der Waals surface area contributed by atoms with Gasteiger partial charge in [0, 0.05) is 0 Å². The summed E-state index contributed by atoms with van der Waals surface area (Å²) < 4.78 is 78.6. The Balaban J connectivity index is 16.8. The summed E-state index contributed by atoms with van der Waals surface area (Å²) in [6, 6.07) is 0. The van der Waals surface area contributed by atoms with Crippen molar-refractivity contribution >= 4 is 43.6 Å². The molecule has 0 spiro atoms. The van der Waals surface area contributed by atoms with Crippen molar-refractivity contribution in [1.29, 1.82) is 0 Å². The Morgan fingerprint density at radius 3 is 0.314 bits per heavy atom. The van der Waals surface area contributed by atoms with Gasteiger partial charge in [-0.15, -0.1) is 0 Å². The van der Waals surface area contributed by atoms with Crippen molar-refractivity contribution in [3.8, 4) is 0 Å². The van der Waals surface area contributed by atoms with Crippen LogP contribution in [0.5, 0.6) is 0 Å². The monoisotopic (exact) mass is 1810 g/mol. The van der Waals surface area contributed by atoms with Crippen LogP contribution in [0.1, 0.15) is 474 Å². The van der Waals surface area contributed by atoms with Crippen LogP contribution in [0.15, 0.2) is 18.1 Å². The summed E-state index contributed by atoms with van der Waals surface area (Å²) in [5, 5.41) is 14.5. The Morgan fingerprint density at radius 2 is 0.256 bits per heavy atom. The fourth-order valence-electron chi connectivity index (χ4n) is 16.7. The molecule has 0 rings (SSSR count). The third-order valence-electron chi connectivity index (χ3n) is 24.4. The first-order valence-corrected chi connectivity index (χ1v) is 61.7. The molecule has 0 aromatic heterocycles. The van der Waals surface area contributed by atoms with Gasteiger partial charge in [0.2, 0.25) is 0 Å². The minimum absolute atomic E-state index is 0.823. The molecular formula is C97H217N16O3P5. The van der Waals surface area contributed by atoms with Gasteiger partial charge in [0.1, 0.15) is 0 Å². The molecule has 19 nitrogen and oxygen atoms in total. The SMILES string of the molecule is CCCCN(CCCC)P(=NP(N=P(N(CCCC)CCCC)(N(CCCC)CCCC)N(CCCC)CCCC)(N=P(N(CCCC)CCCC)(N(CCCC)CCCC)N(CCCC)CCCC)(N=P(N(CCCC)CCCC)(N(CCCC)CCCC)N(CCCC)CCCC)OC(=O)O)(N(CCCC)CCCC)N(CCCC)CCCC. The zero-order valence-electron chi connectivity index (χ0n) is 86.1. The fraction of sp³-hybridized carbons (Fsp3) is 0.990. The minimum atomic E-state index is -6.68. The van der Waals surface area contributed by atoms with Crippen LogP contribution < -0.4 is 0 Å². The quantitative estimate of drug-likeness (QED) is 0.0578. The molecule has 728 valence electrons. The molecule has 0 bridgehead atoms. The van der Waals surface area contributed by atoms with Gasteiger partial charge in [-0.25, -0.2) is 0 Å². The van der Waals surface area contributed by atoms with Crippen LogP contribution in [0, 0.1) is 0 Å². The van der Waals surface area contributed by atoms with Gasteiger partial charge in [0.25, 0.3) is 0 Å². The van der Waals surface area contributed by atoms with E-state index in [0.29, 0.717) is 0 Å². The van der Waals surface area contributed by atoms with Crippen LogP contribution in [-0.4, -0.2) is 224 Å². The number of rotatable bonds is 89. The van der Waals surface area contributed by atoms with E-state index in [1.54, 1.807) is 0 Å². The van der Waals surface area contributed by atoms with Crippen LogP contribution in [0.25, 0.3) is 0 Å². The fourth-order valence-corrected chi connectivity index (χ4v) is 46.7. The number of nitrogens with zero attached hydrogens (tertiary/aromatic N) is 16. The van der Waals surface area contributed by atoms with E-state index < -0.39 is 43.6 Å². The molecule has 0 aliphatic heterocycles. The molecular weight excluding hydrogens is 1590 g/mol. The summed E-state index contributed by atoms with van der Waals surface area (Å²) >= 11 is 0. The van der Waals surface area contributed by atoms with Crippen LogP contribution >= 0.6 is 37.5 Å². The molecule has 0 unspecified atom stereocenters. The summed E-state index contributed by atoms with van der Waals surface area (Å²) in [5.74, 6) is 0. The van der Waals surface area contributed by atoms with Crippen molar-refractivity contribution in [1.82, 2.24) is 56.0 Å². The van der Waals surface area contributed by atoms with Crippen LogP contribution in [0.2, 0.25) is 0 Å². The van der Waals surface area contributed by atoms with Gasteiger partial charge in [-0.2, -0.15) is 0 Å². The molecule has 0 aromatic carbocycles. The Kier molecular flexibility index (Phi) is 75.7. The van der Waals surface area contributed by atoms with Gasteiger partial charge >= 0.3 is 764 Å². The van der Waals surface area contributed by atoms with Crippen molar-refractivity contribution in [2.45, 2.75) is 474 Å². The Morgan fingerprint density at radius 1 is 0.182 bits per heavy atom. The molecule has 0 radical (unpaired) electrons. The van der Waals surface area contributed by atoms with Crippen molar-refractivity contribution in [2.75, 3.05) is 157 Å². The first-order valence-electron chi connectivity index (χ1n) is 53.4. The number of unbranched alkanes of at least 4 members (excludes halogenated alkanes) is 24. The molecule has 24 heteroatoms. The maximum atomic E-state index is 17.8. The predicted octanol–water partition coefficient (Wildman–Crippen LogP) is 33.4. The van der Waals surface area contributed by atoms with Gasteiger partial charge in [-0.05, 0) is 0 Å². The molecule has 0 saturated carbocycles. The summed E-state index contributed by atoms with van der Waals surface area (Å²) in [6.45, 7) is 77.9. The third kappa shape index (κ3) is 41.0.